The molecule has 5 nitrogen and oxygen atoms in total. The predicted octanol–water partition coefficient (Wildman–Crippen LogP) is 2.01. The maximum absolute atomic E-state index is 10.4. The molecule has 0 aromatic rings. The Kier molecular flexibility index (Phi) is 12.3. The van der Waals surface area contributed by atoms with Gasteiger partial charge in [0.15, 0.2) is 0 Å². The maximum Gasteiger partial charge on any atom is 0.330 e. The van der Waals surface area contributed by atoms with Crippen molar-refractivity contribution >= 4 is 11.9 Å². The molecule has 0 aromatic carbocycles. The van der Waals surface area contributed by atoms with E-state index in [2.05, 4.69) is 25.3 Å². The Balaban J connectivity index is 0. The summed E-state index contributed by atoms with van der Waals surface area (Å²) in [5, 5.41) is 16.2. The molecule has 0 amide bonds. The number of rotatable bonds is 7. The van der Waals surface area contributed by atoms with E-state index >= 15 is 0 Å². The molecule has 0 aliphatic rings. The Morgan fingerprint density at radius 3 is 1.94 bits per heavy atom. The highest BCUT2D eigenvalue weighted by molar-refractivity contribution is 5.85. The SMILES string of the molecule is C=CC(=O)O.CCN(CC)CCC=C(C)C(=O)O. The van der Waals surface area contributed by atoms with Gasteiger partial charge in [0.25, 0.3) is 0 Å². The first-order chi connectivity index (χ1) is 8.38. The Labute approximate surface area is 108 Å². The Morgan fingerprint density at radius 2 is 1.67 bits per heavy atom. The molecule has 2 N–H and O–H groups in total. The van der Waals surface area contributed by atoms with E-state index in [0.717, 1.165) is 32.1 Å². The van der Waals surface area contributed by atoms with Gasteiger partial charge < -0.3 is 15.1 Å². The molecule has 0 saturated heterocycles. The van der Waals surface area contributed by atoms with E-state index in [1.165, 1.54) is 0 Å². The van der Waals surface area contributed by atoms with Crippen molar-refractivity contribution < 1.29 is 19.8 Å². The molecule has 0 spiro atoms. The average Bonchev–Trinajstić information content (AvgIpc) is 2.34. The van der Waals surface area contributed by atoms with Crippen LogP contribution in [0.5, 0.6) is 0 Å². The van der Waals surface area contributed by atoms with Crippen molar-refractivity contribution in [1.29, 1.82) is 0 Å². The van der Waals surface area contributed by atoms with Crippen LogP contribution >= 0.6 is 0 Å². The minimum absolute atomic E-state index is 0.437. The summed E-state index contributed by atoms with van der Waals surface area (Å²) in [6.45, 7) is 11.8. The lowest BCUT2D eigenvalue weighted by atomic mass is 10.2. The van der Waals surface area contributed by atoms with Gasteiger partial charge in [-0.2, -0.15) is 0 Å². The van der Waals surface area contributed by atoms with Crippen molar-refractivity contribution in [1.82, 2.24) is 4.90 Å². The topological polar surface area (TPSA) is 77.8 Å². The summed E-state index contributed by atoms with van der Waals surface area (Å²) < 4.78 is 0. The minimum Gasteiger partial charge on any atom is -0.478 e. The summed E-state index contributed by atoms with van der Waals surface area (Å²) in [4.78, 5) is 22.0. The van der Waals surface area contributed by atoms with Crippen molar-refractivity contribution in [2.75, 3.05) is 19.6 Å². The van der Waals surface area contributed by atoms with E-state index in [4.69, 9.17) is 10.2 Å². The maximum atomic E-state index is 10.4. The average molecular weight is 257 g/mol. The number of hydrogen-bond donors (Lipinski definition) is 2. The third kappa shape index (κ3) is 12.4. The van der Waals surface area contributed by atoms with Crippen LogP contribution in [-0.4, -0.2) is 46.7 Å². The molecule has 0 heterocycles. The monoisotopic (exact) mass is 257 g/mol. The fraction of sp³-hybridized carbons (Fsp3) is 0.538. The quantitative estimate of drug-likeness (QED) is 0.682. The highest BCUT2D eigenvalue weighted by Crippen LogP contribution is 1.97. The lowest BCUT2D eigenvalue weighted by Crippen LogP contribution is -2.23. The van der Waals surface area contributed by atoms with Crippen molar-refractivity contribution in [3.8, 4) is 0 Å². The molecule has 0 fully saturated rings. The molecule has 0 radical (unpaired) electrons. The molecule has 5 heteroatoms. The zero-order valence-electron chi connectivity index (χ0n) is 11.3. The smallest absolute Gasteiger partial charge is 0.330 e. The van der Waals surface area contributed by atoms with E-state index in [-0.39, 0.29) is 0 Å². The number of carbonyl (C=O) groups is 2. The van der Waals surface area contributed by atoms with Gasteiger partial charge in [-0.15, -0.1) is 0 Å². The number of carboxylic acids is 2. The van der Waals surface area contributed by atoms with Gasteiger partial charge in [0, 0.05) is 18.2 Å². The molecule has 0 bridgehead atoms. The molecule has 0 aliphatic heterocycles. The van der Waals surface area contributed by atoms with Crippen LogP contribution in [-0.2, 0) is 9.59 Å². The summed E-state index contributed by atoms with van der Waals surface area (Å²) in [6, 6.07) is 0. The minimum atomic E-state index is -0.981. The van der Waals surface area contributed by atoms with Crippen molar-refractivity contribution in [3.05, 3.63) is 24.3 Å². The number of hydrogen-bond acceptors (Lipinski definition) is 3. The largest absolute Gasteiger partial charge is 0.478 e. The molecule has 104 valence electrons. The van der Waals surface area contributed by atoms with Crippen molar-refractivity contribution in [2.24, 2.45) is 0 Å². The second-order valence-corrected chi connectivity index (χ2v) is 3.55. The summed E-state index contributed by atoms with van der Waals surface area (Å²) in [5.41, 5.74) is 0.437. The molecule has 0 aliphatic carbocycles. The second kappa shape index (κ2) is 11.9. The van der Waals surface area contributed by atoms with Crippen LogP contribution in [0.2, 0.25) is 0 Å². The molecule has 0 atom stereocenters. The van der Waals surface area contributed by atoms with Crippen molar-refractivity contribution in [3.63, 3.8) is 0 Å². The summed E-state index contributed by atoms with van der Waals surface area (Å²) in [6.07, 6.45) is 3.43. The predicted molar refractivity (Wildman–Crippen MR) is 71.6 cm³/mol. The van der Waals surface area contributed by atoms with Gasteiger partial charge in [-0.25, -0.2) is 9.59 Å². The third-order valence-electron chi connectivity index (χ3n) is 2.30. The standard InChI is InChI=1S/C10H19NO2.C3H4O2/c1-4-11(5-2)8-6-7-9(3)10(12)13;1-2-3(4)5/h7H,4-6,8H2,1-3H3,(H,12,13);2H,1H2,(H,4,5). The summed E-state index contributed by atoms with van der Waals surface area (Å²) in [5.74, 6) is -1.80. The Bertz CT molecular complexity index is 293. The third-order valence-corrected chi connectivity index (χ3v) is 2.30. The van der Waals surface area contributed by atoms with Gasteiger partial charge in [0.05, 0.1) is 0 Å². The van der Waals surface area contributed by atoms with Gasteiger partial charge in [-0.05, 0) is 26.4 Å². The normalized spacial score (nSPS) is 10.6. The van der Waals surface area contributed by atoms with E-state index in [1.807, 2.05) is 0 Å². The lowest BCUT2D eigenvalue weighted by Gasteiger charge is -2.16. The van der Waals surface area contributed by atoms with Crippen LogP contribution in [0.1, 0.15) is 27.2 Å². The van der Waals surface area contributed by atoms with Crippen LogP contribution in [0.15, 0.2) is 24.3 Å². The van der Waals surface area contributed by atoms with Gasteiger partial charge >= 0.3 is 11.9 Å². The van der Waals surface area contributed by atoms with E-state index in [1.54, 1.807) is 13.0 Å². The molecule has 0 rings (SSSR count). The fourth-order valence-electron chi connectivity index (χ4n) is 1.09. The zero-order valence-corrected chi connectivity index (χ0v) is 11.3. The van der Waals surface area contributed by atoms with E-state index in [9.17, 15) is 9.59 Å². The van der Waals surface area contributed by atoms with Gasteiger partial charge in [-0.3, -0.25) is 0 Å². The molecular formula is C13H23NO4. The van der Waals surface area contributed by atoms with Crippen LogP contribution < -0.4 is 0 Å². The van der Waals surface area contributed by atoms with Crippen LogP contribution in [0.3, 0.4) is 0 Å². The van der Waals surface area contributed by atoms with Gasteiger partial charge in [0.1, 0.15) is 0 Å². The van der Waals surface area contributed by atoms with Crippen LogP contribution in [0.25, 0.3) is 0 Å². The first-order valence-corrected chi connectivity index (χ1v) is 5.86. The number of carboxylic acid groups (broad SMARTS) is 2. The summed E-state index contributed by atoms with van der Waals surface area (Å²) >= 11 is 0. The van der Waals surface area contributed by atoms with E-state index in [0.29, 0.717) is 5.57 Å². The fourth-order valence-corrected chi connectivity index (χ4v) is 1.09. The molecule has 18 heavy (non-hydrogen) atoms. The highest BCUT2D eigenvalue weighted by atomic mass is 16.4. The molecule has 0 aromatic heterocycles. The Hall–Kier alpha value is -1.62. The highest BCUT2D eigenvalue weighted by Gasteiger charge is 2.00. The van der Waals surface area contributed by atoms with Crippen LogP contribution in [0.4, 0.5) is 0 Å². The molecular weight excluding hydrogens is 234 g/mol. The zero-order chi connectivity index (χ0) is 14.6. The Morgan fingerprint density at radius 1 is 1.22 bits per heavy atom. The van der Waals surface area contributed by atoms with E-state index < -0.39 is 11.9 Å². The van der Waals surface area contributed by atoms with Gasteiger partial charge in [0.2, 0.25) is 0 Å². The number of nitrogens with zero attached hydrogens (tertiary/aromatic N) is 1. The molecule has 0 saturated carbocycles. The lowest BCUT2D eigenvalue weighted by molar-refractivity contribution is -0.133. The second-order valence-electron chi connectivity index (χ2n) is 3.55. The first kappa shape index (κ1) is 18.7. The summed E-state index contributed by atoms with van der Waals surface area (Å²) in [7, 11) is 0. The first-order valence-electron chi connectivity index (χ1n) is 5.86. The molecule has 0 unspecified atom stereocenters. The number of aliphatic carboxylic acids is 2. The van der Waals surface area contributed by atoms with Crippen LogP contribution in [0, 0.1) is 0 Å². The van der Waals surface area contributed by atoms with Crippen molar-refractivity contribution in [2.45, 2.75) is 27.2 Å². The van der Waals surface area contributed by atoms with Gasteiger partial charge in [-0.1, -0.05) is 26.5 Å².